The van der Waals surface area contributed by atoms with Gasteiger partial charge in [-0.15, -0.1) is 0 Å². The van der Waals surface area contributed by atoms with Gasteiger partial charge in [0.1, 0.15) is 23.3 Å². The van der Waals surface area contributed by atoms with E-state index < -0.39 is 6.04 Å². The van der Waals surface area contributed by atoms with E-state index in [1.54, 1.807) is 19.4 Å². The second kappa shape index (κ2) is 7.17. The fourth-order valence-corrected chi connectivity index (χ4v) is 2.65. The number of amides is 1. The summed E-state index contributed by atoms with van der Waals surface area (Å²) in [5.74, 6) is 1.20. The molecule has 128 valence electrons. The van der Waals surface area contributed by atoms with Crippen molar-refractivity contribution in [1.82, 2.24) is 19.9 Å². The molecule has 2 heterocycles. The number of carbonyl (C=O) groups is 1. The maximum absolute atomic E-state index is 12.7. The second-order valence-electron chi connectivity index (χ2n) is 5.74. The van der Waals surface area contributed by atoms with Crippen LogP contribution in [0, 0.1) is 6.92 Å². The molecule has 0 saturated heterocycles. The van der Waals surface area contributed by atoms with E-state index in [2.05, 4.69) is 15.3 Å². The first-order valence-electron chi connectivity index (χ1n) is 7.94. The number of benzene rings is 1. The van der Waals surface area contributed by atoms with Gasteiger partial charge in [-0.3, -0.25) is 4.79 Å². The molecule has 0 spiro atoms. The molecule has 0 aliphatic heterocycles. The molecule has 1 aromatic carbocycles. The molecule has 0 saturated carbocycles. The number of pyridine rings is 1. The number of nitrogens with one attached hydrogen (secondary N) is 1. The molecule has 0 fully saturated rings. The van der Waals surface area contributed by atoms with Crippen LogP contribution in [0.4, 0.5) is 0 Å². The number of imidazole rings is 1. The van der Waals surface area contributed by atoms with Crippen molar-refractivity contribution in [3.63, 3.8) is 0 Å². The summed E-state index contributed by atoms with van der Waals surface area (Å²) in [4.78, 5) is 21.4. The lowest BCUT2D eigenvalue weighted by atomic mass is 10.1. The molecule has 1 unspecified atom stereocenters. The average molecular weight is 336 g/mol. The highest BCUT2D eigenvalue weighted by molar-refractivity contribution is 5.92. The molecule has 1 N–H and O–H groups in total. The molecule has 0 aliphatic carbocycles. The lowest BCUT2D eigenvalue weighted by Crippen LogP contribution is -2.31. The van der Waals surface area contributed by atoms with Crippen LogP contribution in [0.2, 0.25) is 0 Å². The Labute approximate surface area is 146 Å². The smallest absolute Gasteiger partial charge is 0.270 e. The van der Waals surface area contributed by atoms with Crippen molar-refractivity contribution in [1.29, 1.82) is 0 Å². The summed E-state index contributed by atoms with van der Waals surface area (Å²) >= 11 is 0. The van der Waals surface area contributed by atoms with Gasteiger partial charge in [0.05, 0.1) is 7.11 Å². The first-order valence-corrected chi connectivity index (χ1v) is 7.94. The summed E-state index contributed by atoms with van der Waals surface area (Å²) in [6.45, 7) is 1.86. The van der Waals surface area contributed by atoms with Crippen molar-refractivity contribution in [3.05, 3.63) is 77.6 Å². The number of hydrogen-bond donors (Lipinski definition) is 1. The molecule has 3 rings (SSSR count). The maximum atomic E-state index is 12.7. The Hall–Kier alpha value is -3.15. The second-order valence-corrected chi connectivity index (χ2v) is 5.74. The number of carbonyl (C=O) groups excluding carboxylic acids is 1. The van der Waals surface area contributed by atoms with Gasteiger partial charge in [0.25, 0.3) is 5.91 Å². The zero-order valence-electron chi connectivity index (χ0n) is 14.4. The van der Waals surface area contributed by atoms with Gasteiger partial charge in [-0.05, 0) is 36.8 Å². The summed E-state index contributed by atoms with van der Waals surface area (Å²) in [7, 11) is 3.51. The van der Waals surface area contributed by atoms with Crippen LogP contribution in [-0.2, 0) is 7.05 Å². The third kappa shape index (κ3) is 3.68. The predicted octanol–water partition coefficient (Wildman–Crippen LogP) is 2.65. The Kier molecular flexibility index (Phi) is 4.79. The number of nitrogens with zero attached hydrogens (tertiary/aromatic N) is 3. The molecule has 25 heavy (non-hydrogen) atoms. The number of rotatable bonds is 5. The van der Waals surface area contributed by atoms with E-state index in [-0.39, 0.29) is 5.91 Å². The van der Waals surface area contributed by atoms with E-state index in [1.807, 2.05) is 61.1 Å². The molecule has 1 atom stereocenters. The van der Waals surface area contributed by atoms with Crippen LogP contribution >= 0.6 is 0 Å². The quantitative estimate of drug-likeness (QED) is 0.778. The zero-order chi connectivity index (χ0) is 17.8. The molecule has 6 heteroatoms. The lowest BCUT2D eigenvalue weighted by Gasteiger charge is -2.19. The maximum Gasteiger partial charge on any atom is 0.270 e. The predicted molar refractivity (Wildman–Crippen MR) is 94.5 cm³/mol. The molecule has 0 bridgehead atoms. The monoisotopic (exact) mass is 336 g/mol. The number of ether oxygens (including phenoxy) is 1. The highest BCUT2D eigenvalue weighted by atomic mass is 16.5. The molecular formula is C19H20N4O2. The fraction of sp³-hybridized carbons (Fsp3) is 0.211. The minimum absolute atomic E-state index is 0.250. The molecule has 3 aromatic rings. The van der Waals surface area contributed by atoms with Crippen molar-refractivity contribution in [2.45, 2.75) is 13.0 Å². The van der Waals surface area contributed by atoms with Gasteiger partial charge in [0, 0.05) is 25.1 Å². The van der Waals surface area contributed by atoms with Gasteiger partial charge in [0.15, 0.2) is 0 Å². The Balaban J connectivity index is 1.97. The molecule has 0 radical (unpaired) electrons. The lowest BCUT2D eigenvalue weighted by molar-refractivity contribution is 0.0936. The van der Waals surface area contributed by atoms with Gasteiger partial charge in [0.2, 0.25) is 0 Å². The first kappa shape index (κ1) is 16.7. The van der Waals surface area contributed by atoms with E-state index in [0.29, 0.717) is 5.69 Å². The highest BCUT2D eigenvalue weighted by Crippen LogP contribution is 2.24. The van der Waals surface area contributed by atoms with E-state index in [0.717, 1.165) is 22.8 Å². The number of methoxy groups -OCH3 is 1. The van der Waals surface area contributed by atoms with E-state index in [1.165, 1.54) is 0 Å². The summed E-state index contributed by atoms with van der Waals surface area (Å²) in [6, 6.07) is 12.5. The third-order valence-corrected chi connectivity index (χ3v) is 3.94. The van der Waals surface area contributed by atoms with Gasteiger partial charge < -0.3 is 14.6 Å². The Morgan fingerprint density at radius 1 is 1.24 bits per heavy atom. The molecule has 6 nitrogen and oxygen atoms in total. The van der Waals surface area contributed by atoms with Gasteiger partial charge in [-0.1, -0.05) is 18.2 Å². The van der Waals surface area contributed by atoms with Crippen molar-refractivity contribution >= 4 is 5.91 Å². The molecule has 1 amide bonds. The van der Waals surface area contributed by atoms with Gasteiger partial charge >= 0.3 is 0 Å². The van der Waals surface area contributed by atoms with Crippen LogP contribution in [0.15, 0.2) is 54.9 Å². The Morgan fingerprint density at radius 3 is 2.72 bits per heavy atom. The summed E-state index contributed by atoms with van der Waals surface area (Å²) < 4.78 is 7.19. The average Bonchev–Trinajstić information content (AvgIpc) is 3.05. The summed E-state index contributed by atoms with van der Waals surface area (Å²) in [5, 5.41) is 3.03. The number of hydrogen-bond acceptors (Lipinski definition) is 4. The van der Waals surface area contributed by atoms with Crippen molar-refractivity contribution < 1.29 is 9.53 Å². The Morgan fingerprint density at radius 2 is 2.04 bits per heavy atom. The first-order chi connectivity index (χ1) is 12.1. The largest absolute Gasteiger partial charge is 0.497 e. The Bertz CT molecular complexity index is 888. The van der Waals surface area contributed by atoms with Crippen LogP contribution in [0.5, 0.6) is 5.75 Å². The van der Waals surface area contributed by atoms with E-state index in [4.69, 9.17) is 4.74 Å². The SMILES string of the molecule is COc1cccc(C(NC(=O)c2cccc(C)n2)c2nccn2C)c1. The number of aromatic nitrogens is 3. The standard InChI is InChI=1S/C19H20N4O2/c1-13-6-4-9-16(21-13)19(24)22-17(18-20-10-11-23(18)2)14-7-5-8-15(12-14)25-3/h4-12,17H,1-3H3,(H,22,24). The fourth-order valence-electron chi connectivity index (χ4n) is 2.65. The number of aryl methyl sites for hydroxylation is 2. The molecule has 2 aromatic heterocycles. The van der Waals surface area contributed by atoms with Crippen LogP contribution in [-0.4, -0.2) is 27.6 Å². The molecule has 0 aliphatic rings. The van der Waals surface area contributed by atoms with Crippen molar-refractivity contribution in [3.8, 4) is 5.75 Å². The topological polar surface area (TPSA) is 69.0 Å². The van der Waals surface area contributed by atoms with Crippen LogP contribution in [0.1, 0.15) is 33.6 Å². The van der Waals surface area contributed by atoms with E-state index >= 15 is 0 Å². The summed E-state index contributed by atoms with van der Waals surface area (Å²) in [6.07, 6.45) is 3.55. The third-order valence-electron chi connectivity index (χ3n) is 3.94. The van der Waals surface area contributed by atoms with Crippen molar-refractivity contribution in [2.75, 3.05) is 7.11 Å². The van der Waals surface area contributed by atoms with Crippen LogP contribution in [0.3, 0.4) is 0 Å². The minimum Gasteiger partial charge on any atom is -0.497 e. The molecular weight excluding hydrogens is 316 g/mol. The summed E-state index contributed by atoms with van der Waals surface area (Å²) in [5.41, 5.74) is 2.05. The zero-order valence-corrected chi connectivity index (χ0v) is 14.4. The van der Waals surface area contributed by atoms with Crippen molar-refractivity contribution in [2.24, 2.45) is 7.05 Å². The highest BCUT2D eigenvalue weighted by Gasteiger charge is 2.22. The van der Waals surface area contributed by atoms with Gasteiger partial charge in [-0.2, -0.15) is 0 Å². The van der Waals surface area contributed by atoms with E-state index in [9.17, 15) is 4.79 Å². The van der Waals surface area contributed by atoms with Crippen LogP contribution < -0.4 is 10.1 Å². The minimum atomic E-state index is -0.412. The van der Waals surface area contributed by atoms with Gasteiger partial charge in [-0.25, -0.2) is 9.97 Å². The van der Waals surface area contributed by atoms with Crippen LogP contribution in [0.25, 0.3) is 0 Å². The normalized spacial score (nSPS) is 11.8.